The van der Waals surface area contributed by atoms with Gasteiger partial charge in [0, 0.05) is 25.5 Å². The Kier molecular flexibility index (Phi) is 3.95. The van der Waals surface area contributed by atoms with Gasteiger partial charge in [0.2, 0.25) is 0 Å². The predicted octanol–water partition coefficient (Wildman–Crippen LogP) is 1.57. The Morgan fingerprint density at radius 2 is 1.85 bits per heavy atom. The first-order valence-electron chi connectivity index (χ1n) is 8.45. The predicted molar refractivity (Wildman–Crippen MR) is 98.3 cm³/mol. The molecule has 8 nitrogen and oxygen atoms in total. The van der Waals surface area contributed by atoms with E-state index in [0.29, 0.717) is 34.6 Å². The van der Waals surface area contributed by atoms with E-state index in [1.165, 1.54) is 7.11 Å². The summed E-state index contributed by atoms with van der Waals surface area (Å²) < 4.78 is 6.67. The molecule has 2 heterocycles. The molecule has 8 heteroatoms. The lowest BCUT2D eigenvalue weighted by molar-refractivity contribution is -0.634. The summed E-state index contributed by atoms with van der Waals surface area (Å²) in [4.78, 5) is 0. The van der Waals surface area contributed by atoms with Crippen molar-refractivity contribution in [3.8, 4) is 11.5 Å². The molecule has 4 rings (SSSR count). The van der Waals surface area contributed by atoms with E-state index in [2.05, 4.69) is 10.5 Å². The van der Waals surface area contributed by atoms with Crippen LogP contribution in [0.4, 0.5) is 0 Å². The van der Waals surface area contributed by atoms with Gasteiger partial charge in [0.1, 0.15) is 5.71 Å². The van der Waals surface area contributed by atoms with E-state index < -0.39 is 0 Å². The summed E-state index contributed by atoms with van der Waals surface area (Å²) in [6.45, 7) is 1.61. The van der Waals surface area contributed by atoms with Gasteiger partial charge >= 0.3 is 5.69 Å². The molecule has 2 N–H and O–H groups in total. The normalized spacial score (nSPS) is 16.2. The second-order valence-electron chi connectivity index (χ2n) is 6.39. The molecular formula is C19H18N4O4. The fraction of sp³-hybridized carbons (Fsp3) is 0.211. The number of fused-ring (bicyclic) bond motifs is 1. The van der Waals surface area contributed by atoms with Gasteiger partial charge in [0.25, 0.3) is 16.7 Å². The molecule has 0 bridgehead atoms. The molecule has 1 aromatic heterocycles. The lowest BCUT2D eigenvalue weighted by Crippen LogP contribution is -2.46. The van der Waals surface area contributed by atoms with Crippen LogP contribution in [-0.4, -0.2) is 17.9 Å². The third kappa shape index (κ3) is 2.66. The molecule has 138 valence electrons. The number of hydrazone groups is 1. The Labute approximate surface area is 155 Å². The number of rotatable bonds is 3. The van der Waals surface area contributed by atoms with E-state index in [1.54, 1.807) is 49.4 Å². The van der Waals surface area contributed by atoms with Crippen LogP contribution in [0.2, 0.25) is 0 Å². The number of hydrogen-bond donors (Lipinski definition) is 2. The van der Waals surface area contributed by atoms with Crippen LogP contribution < -0.4 is 19.6 Å². The molecule has 1 atom stereocenters. The third-order valence-electron chi connectivity index (χ3n) is 4.80. The number of aromatic hydroxyl groups is 1. The van der Waals surface area contributed by atoms with Gasteiger partial charge in [-0.3, -0.25) is 0 Å². The zero-order valence-electron chi connectivity index (χ0n) is 14.8. The standard InChI is InChI=1S/C19H18N4O4/c1-11-19(23(26)16-6-4-3-5-15(16)22(11)25)14-10-13(20-21-14)12-7-8-17(24)18(9-12)27-2/h3-9,13,20,24H,10H2,1-2H3. The largest absolute Gasteiger partial charge is 0.618 e. The second kappa shape index (κ2) is 6.31. The summed E-state index contributed by atoms with van der Waals surface area (Å²) in [7, 11) is 1.48. The maximum atomic E-state index is 12.9. The van der Waals surface area contributed by atoms with E-state index in [4.69, 9.17) is 4.74 Å². The van der Waals surface area contributed by atoms with Crippen LogP contribution in [-0.2, 0) is 0 Å². The lowest BCUT2D eigenvalue weighted by atomic mass is 10.00. The second-order valence-corrected chi connectivity index (χ2v) is 6.39. The number of nitrogens with zero attached hydrogens (tertiary/aromatic N) is 3. The number of hydrogen-bond acceptors (Lipinski definition) is 6. The molecule has 0 saturated carbocycles. The van der Waals surface area contributed by atoms with Crippen molar-refractivity contribution in [1.82, 2.24) is 5.43 Å². The molecule has 0 saturated heterocycles. The monoisotopic (exact) mass is 366 g/mol. The average molecular weight is 366 g/mol. The summed E-state index contributed by atoms with van der Waals surface area (Å²) in [6.07, 6.45) is 0.426. The van der Waals surface area contributed by atoms with Crippen LogP contribution >= 0.6 is 0 Å². The minimum Gasteiger partial charge on any atom is -0.618 e. The maximum Gasteiger partial charge on any atom is 0.309 e. The minimum atomic E-state index is -0.194. The van der Waals surface area contributed by atoms with Crippen LogP contribution in [0.25, 0.3) is 11.0 Å². The highest BCUT2D eigenvalue weighted by Gasteiger charge is 2.33. The highest BCUT2D eigenvalue weighted by Crippen LogP contribution is 2.32. The first-order valence-corrected chi connectivity index (χ1v) is 8.45. The van der Waals surface area contributed by atoms with Gasteiger partial charge in [-0.15, -0.1) is 0 Å². The molecule has 1 aliphatic heterocycles. The molecule has 3 aromatic rings. The van der Waals surface area contributed by atoms with Crippen molar-refractivity contribution < 1.29 is 19.3 Å². The first kappa shape index (κ1) is 16.9. The summed E-state index contributed by atoms with van der Waals surface area (Å²) in [5.41, 5.74) is 5.54. The van der Waals surface area contributed by atoms with E-state index in [0.717, 1.165) is 15.0 Å². The Hall–Kier alpha value is -3.55. The van der Waals surface area contributed by atoms with Crippen molar-refractivity contribution in [2.24, 2.45) is 5.10 Å². The highest BCUT2D eigenvalue weighted by atomic mass is 16.5. The topological polar surface area (TPSA) is 108 Å². The van der Waals surface area contributed by atoms with Crippen LogP contribution in [0.15, 0.2) is 47.6 Å². The maximum absolute atomic E-state index is 12.9. The molecule has 1 aliphatic rings. The van der Waals surface area contributed by atoms with E-state index in [-0.39, 0.29) is 17.5 Å². The molecule has 0 aliphatic carbocycles. The molecule has 2 aromatic carbocycles. The summed E-state index contributed by atoms with van der Waals surface area (Å²) in [5.74, 6) is 0.413. The highest BCUT2D eigenvalue weighted by molar-refractivity contribution is 6.00. The zero-order chi connectivity index (χ0) is 19.1. The Bertz CT molecular complexity index is 1080. The molecule has 1 unspecified atom stereocenters. The zero-order valence-corrected chi connectivity index (χ0v) is 14.8. The van der Waals surface area contributed by atoms with Gasteiger partial charge in [0.05, 0.1) is 13.2 Å². The molecule has 0 amide bonds. The number of phenolic OH excluding ortho intramolecular Hbond substituents is 1. The summed E-state index contributed by atoms with van der Waals surface area (Å²) >= 11 is 0. The number of ether oxygens (including phenoxy) is 1. The van der Waals surface area contributed by atoms with Crippen molar-refractivity contribution in [2.45, 2.75) is 19.4 Å². The van der Waals surface area contributed by atoms with Crippen molar-refractivity contribution in [3.05, 3.63) is 69.8 Å². The third-order valence-corrected chi connectivity index (χ3v) is 4.80. The van der Waals surface area contributed by atoms with Gasteiger partial charge in [0.15, 0.2) is 11.5 Å². The van der Waals surface area contributed by atoms with E-state index >= 15 is 0 Å². The van der Waals surface area contributed by atoms with Gasteiger partial charge < -0.3 is 25.7 Å². The van der Waals surface area contributed by atoms with Crippen LogP contribution in [0, 0.1) is 17.3 Å². The Morgan fingerprint density at radius 1 is 1.15 bits per heavy atom. The summed E-state index contributed by atoms with van der Waals surface area (Å²) in [5, 5.41) is 39.5. The van der Waals surface area contributed by atoms with Crippen LogP contribution in [0.3, 0.4) is 0 Å². The van der Waals surface area contributed by atoms with Crippen molar-refractivity contribution in [1.29, 1.82) is 0 Å². The average Bonchev–Trinajstić information content (AvgIpc) is 3.16. The lowest BCUT2D eigenvalue weighted by Gasteiger charge is -2.13. The van der Waals surface area contributed by atoms with Crippen molar-refractivity contribution in [3.63, 3.8) is 0 Å². The number of aromatic nitrogens is 2. The smallest absolute Gasteiger partial charge is 0.309 e. The fourth-order valence-electron chi connectivity index (χ4n) is 3.37. The Morgan fingerprint density at radius 3 is 2.56 bits per heavy atom. The number of benzene rings is 2. The molecule has 0 spiro atoms. The van der Waals surface area contributed by atoms with E-state index in [9.17, 15) is 15.5 Å². The van der Waals surface area contributed by atoms with Gasteiger partial charge in [-0.05, 0) is 17.7 Å². The SMILES string of the molecule is COc1cc(C2CC(c3c(C)[n+]([O-])c4ccccc4[n+]3[O-])=NN2)ccc1O. The number of phenols is 1. The van der Waals surface area contributed by atoms with Crippen molar-refractivity contribution in [2.75, 3.05) is 7.11 Å². The molecule has 27 heavy (non-hydrogen) atoms. The number of methoxy groups -OCH3 is 1. The van der Waals surface area contributed by atoms with Gasteiger partial charge in [-0.25, -0.2) is 0 Å². The minimum absolute atomic E-state index is 0.0514. The first-order chi connectivity index (χ1) is 13.0. The Balaban J connectivity index is 1.72. The van der Waals surface area contributed by atoms with Crippen molar-refractivity contribution >= 4 is 16.7 Å². The molecule has 0 fully saturated rings. The summed E-state index contributed by atoms with van der Waals surface area (Å²) in [6, 6.07) is 11.5. The van der Waals surface area contributed by atoms with Crippen LogP contribution in [0.1, 0.15) is 29.4 Å². The number of nitrogens with one attached hydrogen (secondary N) is 1. The molecule has 0 radical (unpaired) electrons. The van der Waals surface area contributed by atoms with E-state index in [1.807, 2.05) is 0 Å². The quantitative estimate of drug-likeness (QED) is 0.540. The van der Waals surface area contributed by atoms with Crippen LogP contribution in [0.5, 0.6) is 11.5 Å². The number of para-hydroxylation sites is 2. The van der Waals surface area contributed by atoms with Gasteiger partial charge in [-0.2, -0.15) is 14.6 Å². The van der Waals surface area contributed by atoms with Gasteiger partial charge in [-0.1, -0.05) is 18.2 Å². The molecular weight excluding hydrogens is 348 g/mol. The fourth-order valence-corrected chi connectivity index (χ4v) is 3.37.